The maximum absolute atomic E-state index is 10.2. The molecule has 0 unspecified atom stereocenters. The molecular weight excluding hydrogens is 414 g/mol. The van der Waals surface area contributed by atoms with Crippen molar-refractivity contribution in [3.8, 4) is 5.75 Å². The number of nitrogens with two attached hydrogens (primary N) is 1. The summed E-state index contributed by atoms with van der Waals surface area (Å²) < 4.78 is 0. The fourth-order valence-electron chi connectivity index (χ4n) is 2.39. The Hall–Kier alpha value is -1.43. The first kappa shape index (κ1) is 25.6. The normalized spacial score (nSPS) is 15.4. The van der Waals surface area contributed by atoms with Crippen molar-refractivity contribution >= 4 is 33.8 Å². The number of phenolic OH excluding ortho intramolecular Hbond substituents is 1. The molecule has 4 N–H and O–H groups in total. The van der Waals surface area contributed by atoms with Gasteiger partial charge < -0.3 is 10.8 Å². The monoisotopic (exact) mass is 437 g/mol. The van der Waals surface area contributed by atoms with Crippen molar-refractivity contribution in [2.75, 3.05) is 0 Å². The number of thiocarbonyl (C=S) groups is 1. The quantitative estimate of drug-likeness (QED) is 0.286. The fourth-order valence-corrected chi connectivity index (χ4v) is 2.43. The van der Waals surface area contributed by atoms with E-state index < -0.39 is 0 Å². The third-order valence-electron chi connectivity index (χ3n) is 3.74. The first-order chi connectivity index (χ1) is 13.6. The number of phenols is 1. The van der Waals surface area contributed by atoms with Crippen LogP contribution in [0.2, 0.25) is 0 Å². The molecule has 0 bridgehead atoms. The van der Waals surface area contributed by atoms with Crippen LogP contribution in [0.15, 0.2) is 41.5 Å². The predicted molar refractivity (Wildman–Crippen MR) is 121 cm³/mol. The zero-order valence-electron chi connectivity index (χ0n) is 16.1. The molecule has 2 aliphatic rings. The molecule has 0 atom stereocenters. The summed E-state index contributed by atoms with van der Waals surface area (Å²) in [7, 11) is 0. The first-order valence-corrected chi connectivity index (χ1v) is 9.14. The van der Waals surface area contributed by atoms with Gasteiger partial charge in [-0.1, -0.05) is 30.3 Å². The van der Waals surface area contributed by atoms with Crippen molar-refractivity contribution in [1.29, 1.82) is 0 Å². The molecule has 4 nitrogen and oxygen atoms in total. The summed E-state index contributed by atoms with van der Waals surface area (Å²) in [4.78, 5) is 0. The summed E-state index contributed by atoms with van der Waals surface area (Å²) in [5.41, 5.74) is 9.07. The van der Waals surface area contributed by atoms with E-state index in [1.54, 1.807) is 6.92 Å². The Balaban J connectivity index is 0.000000311. The maximum Gasteiger partial charge on any atom is 4.00 e. The molecule has 0 aliphatic heterocycles. The van der Waals surface area contributed by atoms with E-state index in [4.69, 9.17) is 5.73 Å². The molecule has 6 heteroatoms. The Morgan fingerprint density at radius 2 is 1.34 bits per heavy atom. The van der Waals surface area contributed by atoms with Crippen molar-refractivity contribution in [1.82, 2.24) is 5.43 Å². The first-order valence-electron chi connectivity index (χ1n) is 8.73. The van der Waals surface area contributed by atoms with Crippen molar-refractivity contribution in [3.63, 3.8) is 0 Å². The third-order valence-corrected chi connectivity index (χ3v) is 3.83. The maximum atomic E-state index is 10.2. The summed E-state index contributed by atoms with van der Waals surface area (Å²) in [5, 5.41) is 16.1. The van der Waals surface area contributed by atoms with Gasteiger partial charge in [0.2, 0.25) is 0 Å². The molecule has 10 radical (unpaired) electrons. The van der Waals surface area contributed by atoms with Gasteiger partial charge in [0.1, 0.15) is 5.75 Å². The van der Waals surface area contributed by atoms with E-state index in [1.807, 2.05) is 101 Å². The number of aromatic hydroxyl groups is 1. The Kier molecular flexibility index (Phi) is 12.8. The molecular formula is C23H23N3OSTi+4. The second-order valence-corrected chi connectivity index (χ2v) is 6.22. The van der Waals surface area contributed by atoms with Crippen LogP contribution in [-0.4, -0.2) is 15.9 Å². The largest absolute Gasteiger partial charge is 4.00 e. The Labute approximate surface area is 195 Å². The Morgan fingerprint density at radius 1 is 0.862 bits per heavy atom. The molecule has 142 valence electrons. The molecule has 0 amide bonds. The topological polar surface area (TPSA) is 70.6 Å². The van der Waals surface area contributed by atoms with Crippen molar-refractivity contribution in [3.05, 3.63) is 106 Å². The van der Waals surface area contributed by atoms with Gasteiger partial charge in [-0.3, -0.25) is 5.43 Å². The van der Waals surface area contributed by atoms with Gasteiger partial charge in [-0.15, -0.1) is 0 Å². The smallest absolute Gasteiger partial charge is 0.507 e. The predicted octanol–water partition coefficient (Wildman–Crippen LogP) is 4.14. The molecule has 0 spiro atoms. The van der Waals surface area contributed by atoms with Gasteiger partial charge >= 0.3 is 21.7 Å². The minimum atomic E-state index is 0. The molecule has 2 aromatic rings. The summed E-state index contributed by atoms with van der Waals surface area (Å²) in [5.74, 6) is 0.207. The van der Waals surface area contributed by atoms with E-state index in [2.05, 4.69) is 22.7 Å². The second kappa shape index (κ2) is 14.5. The van der Waals surface area contributed by atoms with Gasteiger partial charge in [0.05, 0.1) is 5.71 Å². The molecule has 4 rings (SSSR count). The number of fused-ring (bicyclic) bond motifs is 1. The third kappa shape index (κ3) is 9.28. The van der Waals surface area contributed by atoms with Crippen LogP contribution in [0.4, 0.5) is 0 Å². The average molecular weight is 437 g/mol. The standard InChI is InChI=1S/C13H13N3OS.2C5H5.Ti/c1-8(15-16-13(14)18)10-7-6-9-4-2-3-5-11(9)12(10)17;2*1-2-4-5-3-1;/h2-7,17H,1H3,(H3,14,16,18);2*1-5H;/q;;;+4/b15-8+;;;. The SMILES string of the molecule is C/C(=N\NC(N)=S)c1ccc2ccccc2c1O.[CH]1[CH][CH][CH][CH]1.[CH]1[CH][CH][CH][CH]1.[Ti+4]. The average Bonchev–Trinajstić information content (AvgIpc) is 3.45. The fraction of sp³-hybridized carbons (Fsp3) is 0.0435. The number of hydrogen-bond donors (Lipinski definition) is 3. The number of nitrogens with zero attached hydrogens (tertiary/aromatic N) is 1. The molecule has 0 saturated heterocycles. The van der Waals surface area contributed by atoms with Gasteiger partial charge in [-0.05, 0) is 94.8 Å². The Morgan fingerprint density at radius 3 is 1.83 bits per heavy atom. The molecule has 2 saturated carbocycles. The van der Waals surface area contributed by atoms with Crippen LogP contribution >= 0.6 is 12.2 Å². The minimum Gasteiger partial charge on any atom is -0.507 e. The van der Waals surface area contributed by atoms with E-state index >= 15 is 0 Å². The molecule has 0 heterocycles. The number of hydrogen-bond acceptors (Lipinski definition) is 3. The number of rotatable bonds is 2. The minimum absolute atomic E-state index is 0. The van der Waals surface area contributed by atoms with Crippen molar-refractivity contribution < 1.29 is 26.8 Å². The van der Waals surface area contributed by atoms with E-state index in [9.17, 15) is 5.11 Å². The van der Waals surface area contributed by atoms with Crippen LogP contribution in [0.3, 0.4) is 0 Å². The summed E-state index contributed by atoms with van der Waals surface area (Å²) in [6.07, 6.45) is 20.0. The van der Waals surface area contributed by atoms with Gasteiger partial charge in [0.25, 0.3) is 0 Å². The van der Waals surface area contributed by atoms with E-state index in [1.165, 1.54) is 0 Å². The van der Waals surface area contributed by atoms with Crippen molar-refractivity contribution in [2.45, 2.75) is 6.92 Å². The number of nitrogens with one attached hydrogen (secondary N) is 1. The number of hydrazone groups is 1. The van der Waals surface area contributed by atoms with E-state index in [0.717, 1.165) is 10.8 Å². The summed E-state index contributed by atoms with van der Waals surface area (Å²) >= 11 is 4.67. The van der Waals surface area contributed by atoms with Crippen molar-refractivity contribution in [2.24, 2.45) is 10.8 Å². The van der Waals surface area contributed by atoms with Gasteiger partial charge in [0, 0.05) is 10.9 Å². The van der Waals surface area contributed by atoms with Crippen LogP contribution in [0.25, 0.3) is 10.8 Å². The van der Waals surface area contributed by atoms with E-state index in [0.29, 0.717) is 11.3 Å². The van der Waals surface area contributed by atoms with Crippen LogP contribution in [-0.2, 0) is 21.7 Å². The van der Waals surface area contributed by atoms with Gasteiger partial charge in [-0.25, -0.2) is 0 Å². The van der Waals surface area contributed by atoms with Crippen LogP contribution in [0.1, 0.15) is 12.5 Å². The second-order valence-electron chi connectivity index (χ2n) is 5.78. The molecule has 2 aliphatic carbocycles. The summed E-state index contributed by atoms with van der Waals surface area (Å²) in [6, 6.07) is 11.4. The number of benzene rings is 2. The zero-order chi connectivity index (χ0) is 20.2. The van der Waals surface area contributed by atoms with Crippen LogP contribution in [0.5, 0.6) is 5.75 Å². The van der Waals surface area contributed by atoms with Crippen LogP contribution < -0.4 is 11.2 Å². The molecule has 0 aromatic heterocycles. The van der Waals surface area contributed by atoms with Gasteiger partial charge in [-0.2, -0.15) is 5.10 Å². The molecule has 29 heavy (non-hydrogen) atoms. The zero-order valence-corrected chi connectivity index (χ0v) is 18.5. The van der Waals surface area contributed by atoms with E-state index in [-0.39, 0.29) is 32.6 Å². The summed E-state index contributed by atoms with van der Waals surface area (Å²) in [6.45, 7) is 1.77. The Bertz CT molecular complexity index is 762. The van der Waals surface area contributed by atoms with Gasteiger partial charge in [0.15, 0.2) is 5.11 Å². The molecule has 2 fully saturated rings. The van der Waals surface area contributed by atoms with Crippen LogP contribution in [0, 0.1) is 64.2 Å². The molecule has 2 aromatic carbocycles.